The molecule has 5 rings (SSSR count). The fraction of sp³-hybridized carbons (Fsp3) is 0.238. The molecule has 2 atom stereocenters. The number of halogens is 2. The number of hydrogen-bond donors (Lipinski definition) is 0. The number of fused-ring (bicyclic) bond motifs is 6. The van der Waals surface area contributed by atoms with E-state index in [4.69, 9.17) is 0 Å². The van der Waals surface area contributed by atoms with Crippen molar-refractivity contribution >= 4 is 20.1 Å². The minimum atomic E-state index is -0.0918. The minimum absolute atomic E-state index is 0. The Kier molecular flexibility index (Phi) is 5.99. The Hall–Kier alpha value is -0.356. The Bertz CT molecular complexity index is 791. The van der Waals surface area contributed by atoms with Crippen molar-refractivity contribution in [2.24, 2.45) is 0 Å². The van der Waals surface area contributed by atoms with Crippen molar-refractivity contribution in [3.05, 3.63) is 81.4 Å². The summed E-state index contributed by atoms with van der Waals surface area (Å²) in [5.74, 6) is 0. The van der Waals surface area contributed by atoms with Gasteiger partial charge >= 0.3 is 149 Å². The standard InChI is InChI=1S/C21H19P.2ClH.Ti/c1-2-11-22(20-12-16-7-3-4-8-17(16)13-20)21-14-18-9-5-6-10-19(18)15-21;;;/h3-10,12-15H,2,11H2,1H3;2*1H;/q;;;+2/p-2. The monoisotopic (exact) mass is 420 g/mol. The first-order valence-electron chi connectivity index (χ1n) is 8.51. The van der Waals surface area contributed by atoms with Crippen molar-refractivity contribution in [2.75, 3.05) is 6.16 Å². The van der Waals surface area contributed by atoms with Crippen LogP contribution in [0.2, 0.25) is 0 Å². The quantitative estimate of drug-likeness (QED) is 0.480. The molecule has 0 radical (unpaired) electrons. The van der Waals surface area contributed by atoms with Crippen molar-refractivity contribution in [1.29, 1.82) is 0 Å². The van der Waals surface area contributed by atoms with Crippen LogP contribution in [0, 0.1) is 0 Å². The van der Waals surface area contributed by atoms with E-state index in [9.17, 15) is 0 Å². The molecule has 1 aliphatic heterocycles. The van der Waals surface area contributed by atoms with Crippen molar-refractivity contribution in [2.45, 2.75) is 21.8 Å². The Morgan fingerprint density at radius 1 is 0.800 bits per heavy atom. The second kappa shape index (κ2) is 7.71. The van der Waals surface area contributed by atoms with Gasteiger partial charge in [-0.25, -0.2) is 0 Å². The van der Waals surface area contributed by atoms with E-state index in [1.807, 2.05) is 0 Å². The van der Waals surface area contributed by atoms with Crippen LogP contribution in [0.5, 0.6) is 0 Å². The summed E-state index contributed by atoms with van der Waals surface area (Å²) in [5.41, 5.74) is 6.28. The number of hydrogen-bond acceptors (Lipinski definition) is 0. The van der Waals surface area contributed by atoms with E-state index in [1.54, 1.807) is 21.8 Å². The second-order valence-electron chi connectivity index (χ2n) is 6.58. The summed E-state index contributed by atoms with van der Waals surface area (Å²) in [7, 11) is -0.0918. The van der Waals surface area contributed by atoms with Crippen LogP contribution in [0.15, 0.2) is 59.2 Å². The van der Waals surface area contributed by atoms with Crippen LogP contribution in [0.25, 0.3) is 12.2 Å². The molecule has 2 aliphatic carbocycles. The van der Waals surface area contributed by atoms with Gasteiger partial charge in [0.05, 0.1) is 0 Å². The predicted octanol–water partition coefficient (Wildman–Crippen LogP) is 0.174. The third-order valence-corrected chi connectivity index (χ3v) is 11.9. The SMILES string of the molecule is CCCP1C2=Cc3ccccc3[CH]2[Ti+2][CH]2C1=Cc1ccccc12.[Cl-].[Cl-]. The fourth-order valence-corrected chi connectivity index (χ4v) is 11.8. The molecule has 0 aromatic heterocycles. The molecule has 1 saturated heterocycles. The van der Waals surface area contributed by atoms with Crippen LogP contribution in [-0.2, 0) is 19.2 Å². The molecule has 0 saturated carbocycles. The molecule has 126 valence electrons. The molecule has 0 spiro atoms. The first kappa shape index (κ1) is 19.4. The van der Waals surface area contributed by atoms with Gasteiger partial charge in [0.2, 0.25) is 0 Å². The van der Waals surface area contributed by atoms with E-state index in [0.29, 0.717) is 0 Å². The number of benzene rings is 2. The number of rotatable bonds is 2. The molecular formula is C21H19Cl2PTi. The number of allylic oxidation sites excluding steroid dienone is 2. The van der Waals surface area contributed by atoms with Crippen LogP contribution in [0.4, 0.5) is 0 Å². The van der Waals surface area contributed by atoms with Gasteiger partial charge in [0.25, 0.3) is 0 Å². The summed E-state index contributed by atoms with van der Waals surface area (Å²) in [6.45, 7) is 2.35. The first-order valence-corrected chi connectivity index (χ1v) is 11.8. The summed E-state index contributed by atoms with van der Waals surface area (Å²) in [6, 6.07) is 18.3. The Morgan fingerprint density at radius 2 is 1.28 bits per heavy atom. The molecule has 2 unspecified atom stereocenters. The van der Waals surface area contributed by atoms with E-state index in [0.717, 1.165) is 8.45 Å². The van der Waals surface area contributed by atoms with Crippen LogP contribution >= 0.6 is 7.92 Å². The van der Waals surface area contributed by atoms with Gasteiger partial charge in [-0.1, -0.05) is 0 Å². The normalized spacial score (nSPS) is 24.0. The summed E-state index contributed by atoms with van der Waals surface area (Å²) >= 11 is -0.0708. The van der Waals surface area contributed by atoms with E-state index < -0.39 is 0 Å². The summed E-state index contributed by atoms with van der Waals surface area (Å²) in [6.07, 6.45) is 7.79. The molecule has 0 bridgehead atoms. The third-order valence-electron chi connectivity index (χ3n) is 5.22. The van der Waals surface area contributed by atoms with Crippen molar-refractivity contribution in [3.8, 4) is 0 Å². The van der Waals surface area contributed by atoms with Crippen LogP contribution < -0.4 is 24.8 Å². The average Bonchev–Trinajstić information content (AvgIpc) is 3.14. The van der Waals surface area contributed by atoms with Crippen LogP contribution in [0.1, 0.15) is 44.0 Å². The average molecular weight is 421 g/mol. The Labute approximate surface area is 172 Å². The van der Waals surface area contributed by atoms with Crippen molar-refractivity contribution < 1.29 is 44.0 Å². The van der Waals surface area contributed by atoms with E-state index >= 15 is 0 Å². The van der Waals surface area contributed by atoms with Gasteiger partial charge in [0, 0.05) is 0 Å². The summed E-state index contributed by atoms with van der Waals surface area (Å²) in [4.78, 5) is 0. The van der Waals surface area contributed by atoms with Gasteiger partial charge in [0.15, 0.2) is 0 Å². The zero-order valence-electron chi connectivity index (χ0n) is 14.0. The third kappa shape index (κ3) is 3.01. The molecule has 0 nitrogen and oxygen atoms in total. The predicted molar refractivity (Wildman–Crippen MR) is 96.4 cm³/mol. The van der Waals surface area contributed by atoms with E-state index in [2.05, 4.69) is 67.6 Å². The largest absolute Gasteiger partial charge is 1.00 e. The zero-order chi connectivity index (χ0) is 15.4. The van der Waals surface area contributed by atoms with Gasteiger partial charge in [-0.2, -0.15) is 0 Å². The smallest absolute Gasteiger partial charge is 1.00 e. The maximum absolute atomic E-state index is 2.56. The Balaban J connectivity index is 0.000000911. The van der Waals surface area contributed by atoms with Crippen LogP contribution in [-0.4, -0.2) is 6.16 Å². The molecule has 1 heterocycles. The molecule has 4 heteroatoms. The molecule has 25 heavy (non-hydrogen) atoms. The molecule has 0 amide bonds. The van der Waals surface area contributed by atoms with Gasteiger partial charge in [-0.3, -0.25) is 0 Å². The summed E-state index contributed by atoms with van der Waals surface area (Å²) < 4.78 is 1.58. The molecular weight excluding hydrogens is 402 g/mol. The molecule has 3 aliphatic rings. The van der Waals surface area contributed by atoms with Crippen molar-refractivity contribution in [1.82, 2.24) is 0 Å². The summed E-state index contributed by atoms with van der Waals surface area (Å²) in [5, 5.41) is 3.61. The fourth-order valence-electron chi connectivity index (χ4n) is 4.23. The first-order chi connectivity index (χ1) is 11.4. The van der Waals surface area contributed by atoms with Crippen LogP contribution in [0.3, 0.4) is 0 Å². The van der Waals surface area contributed by atoms with Crippen molar-refractivity contribution in [3.63, 3.8) is 0 Å². The van der Waals surface area contributed by atoms with Gasteiger partial charge < -0.3 is 24.8 Å². The maximum Gasteiger partial charge on any atom is -1.00 e. The topological polar surface area (TPSA) is 0 Å². The van der Waals surface area contributed by atoms with Gasteiger partial charge in [-0.15, -0.1) is 0 Å². The molecule has 2 aromatic carbocycles. The zero-order valence-corrected chi connectivity index (χ0v) is 18.0. The molecule has 2 aromatic rings. The van der Waals surface area contributed by atoms with Gasteiger partial charge in [-0.05, 0) is 0 Å². The minimum Gasteiger partial charge on any atom is -1.00 e. The van der Waals surface area contributed by atoms with E-state index in [1.165, 1.54) is 23.7 Å². The maximum atomic E-state index is 2.56. The van der Waals surface area contributed by atoms with Gasteiger partial charge in [0.1, 0.15) is 0 Å². The molecule has 1 fully saturated rings. The Morgan fingerprint density at radius 3 is 1.76 bits per heavy atom. The molecule has 0 N–H and O–H groups in total. The van der Waals surface area contributed by atoms with E-state index in [-0.39, 0.29) is 51.9 Å². The second-order valence-corrected chi connectivity index (χ2v) is 11.2.